The molecule has 3 heterocycles. The predicted molar refractivity (Wildman–Crippen MR) is 93.7 cm³/mol. The number of rotatable bonds is 3. The molecule has 1 aromatic carbocycles. The molecule has 0 aliphatic carbocycles. The number of hydrogen-bond acceptors (Lipinski definition) is 6. The Morgan fingerprint density at radius 1 is 1.16 bits per heavy atom. The highest BCUT2D eigenvalue weighted by atomic mass is 32.1. The van der Waals surface area contributed by atoms with Crippen molar-refractivity contribution in [2.24, 2.45) is 0 Å². The van der Waals surface area contributed by atoms with Gasteiger partial charge in [-0.25, -0.2) is 4.98 Å². The number of hydrogen-bond donors (Lipinski definition) is 0. The van der Waals surface area contributed by atoms with Crippen molar-refractivity contribution in [3.05, 3.63) is 63.7 Å². The lowest BCUT2D eigenvalue weighted by Gasteiger charge is -2.15. The molecule has 0 spiro atoms. The monoisotopic (exact) mass is 354 g/mol. The van der Waals surface area contributed by atoms with Crippen LogP contribution in [0.1, 0.15) is 44.6 Å². The lowest BCUT2D eigenvalue weighted by atomic mass is 9.89. The number of aromatic nitrogens is 3. The van der Waals surface area contributed by atoms with Crippen LogP contribution < -0.4 is 0 Å². The van der Waals surface area contributed by atoms with Crippen molar-refractivity contribution >= 4 is 17.2 Å². The first-order valence-electron chi connectivity index (χ1n) is 8.18. The van der Waals surface area contributed by atoms with E-state index in [1.165, 1.54) is 16.9 Å². The third kappa shape index (κ3) is 3.07. The lowest BCUT2D eigenvalue weighted by Crippen LogP contribution is -2.29. The first kappa shape index (κ1) is 16.0. The molecule has 1 saturated heterocycles. The third-order valence-corrected chi connectivity index (χ3v) is 5.31. The molecule has 0 saturated carbocycles. The average Bonchev–Trinajstić information content (AvgIpc) is 3.34. The van der Waals surface area contributed by atoms with Gasteiger partial charge in [-0.1, -0.05) is 35.5 Å². The fourth-order valence-corrected chi connectivity index (χ4v) is 3.93. The molecule has 3 aromatic rings. The molecule has 1 aliphatic rings. The van der Waals surface area contributed by atoms with Crippen molar-refractivity contribution in [2.75, 3.05) is 13.1 Å². The van der Waals surface area contributed by atoms with Crippen LogP contribution in [0.25, 0.3) is 0 Å². The largest absolute Gasteiger partial charge is 0.339 e. The molecule has 25 heavy (non-hydrogen) atoms. The fraction of sp³-hybridized carbons (Fsp3) is 0.333. The van der Waals surface area contributed by atoms with Crippen LogP contribution in [0, 0.1) is 13.8 Å². The van der Waals surface area contributed by atoms with E-state index >= 15 is 0 Å². The first-order valence-corrected chi connectivity index (χ1v) is 9.06. The molecule has 0 unspecified atom stereocenters. The zero-order valence-corrected chi connectivity index (χ0v) is 14.9. The van der Waals surface area contributed by atoms with Crippen LogP contribution in [0.4, 0.5) is 0 Å². The maximum atomic E-state index is 12.8. The number of aryl methyl sites for hydroxylation is 2. The van der Waals surface area contributed by atoms with E-state index in [4.69, 9.17) is 4.52 Å². The van der Waals surface area contributed by atoms with E-state index in [2.05, 4.69) is 27.3 Å². The molecule has 4 rings (SSSR count). The Labute approximate surface area is 149 Å². The van der Waals surface area contributed by atoms with Crippen molar-refractivity contribution in [3.63, 3.8) is 0 Å². The summed E-state index contributed by atoms with van der Waals surface area (Å²) in [7, 11) is 0. The zero-order chi connectivity index (χ0) is 17.4. The van der Waals surface area contributed by atoms with E-state index in [1.54, 1.807) is 6.92 Å². The SMILES string of the molecule is Cc1noc([C@@H]2CN(C(=O)c3csc(C)n3)C[C@H]2c2ccccc2)n1. The fourth-order valence-electron chi connectivity index (χ4n) is 3.35. The van der Waals surface area contributed by atoms with Gasteiger partial charge in [0.25, 0.3) is 5.91 Å². The molecule has 1 amide bonds. The average molecular weight is 354 g/mol. The van der Waals surface area contributed by atoms with Gasteiger partial charge in [-0.2, -0.15) is 4.98 Å². The number of amides is 1. The summed E-state index contributed by atoms with van der Waals surface area (Å²) in [6.07, 6.45) is 0. The van der Waals surface area contributed by atoms with Crippen molar-refractivity contribution < 1.29 is 9.32 Å². The first-order chi connectivity index (χ1) is 12.1. The molecule has 128 valence electrons. The second-order valence-corrected chi connectivity index (χ2v) is 7.33. The van der Waals surface area contributed by atoms with E-state index in [-0.39, 0.29) is 17.7 Å². The number of benzene rings is 1. The Kier molecular flexibility index (Phi) is 4.09. The topological polar surface area (TPSA) is 72.1 Å². The van der Waals surface area contributed by atoms with Gasteiger partial charge in [-0.15, -0.1) is 11.3 Å². The Bertz CT molecular complexity index is 889. The summed E-state index contributed by atoms with van der Waals surface area (Å²) in [6.45, 7) is 4.88. The second kappa shape index (κ2) is 6.40. The van der Waals surface area contributed by atoms with Crippen LogP contribution in [-0.2, 0) is 0 Å². The van der Waals surface area contributed by atoms with Crippen LogP contribution in [0.2, 0.25) is 0 Å². The summed E-state index contributed by atoms with van der Waals surface area (Å²) in [5.41, 5.74) is 1.68. The minimum atomic E-state index is -0.0379. The Hall–Kier alpha value is -2.54. The highest BCUT2D eigenvalue weighted by Crippen LogP contribution is 2.39. The van der Waals surface area contributed by atoms with E-state index in [0.717, 1.165) is 5.01 Å². The molecule has 6 nitrogen and oxygen atoms in total. The zero-order valence-electron chi connectivity index (χ0n) is 14.0. The normalized spacial score (nSPS) is 20.2. The van der Waals surface area contributed by atoms with Gasteiger partial charge in [0, 0.05) is 24.4 Å². The standard InChI is InChI=1S/C18H18N4O2S/c1-11-19-17(24-21-11)15-9-22(18(23)16-10-25-12(2)20-16)8-14(15)13-6-4-3-5-7-13/h3-7,10,14-15H,8-9H2,1-2H3/t14-,15+/m0/s1. The maximum Gasteiger partial charge on any atom is 0.273 e. The molecule has 1 aliphatic heterocycles. The molecule has 1 fully saturated rings. The summed E-state index contributed by atoms with van der Waals surface area (Å²) in [5.74, 6) is 1.29. The molecular weight excluding hydrogens is 336 g/mol. The van der Waals surface area contributed by atoms with Crippen molar-refractivity contribution in [1.82, 2.24) is 20.0 Å². The molecule has 0 radical (unpaired) electrons. The highest BCUT2D eigenvalue weighted by molar-refractivity contribution is 7.09. The minimum absolute atomic E-state index is 0.00715. The number of likely N-dealkylation sites (tertiary alicyclic amines) is 1. The van der Waals surface area contributed by atoms with Crippen molar-refractivity contribution in [1.29, 1.82) is 0 Å². The summed E-state index contributed by atoms with van der Waals surface area (Å²) in [6, 6.07) is 10.2. The maximum absolute atomic E-state index is 12.8. The van der Waals surface area contributed by atoms with Gasteiger partial charge in [-0.3, -0.25) is 4.79 Å². The smallest absolute Gasteiger partial charge is 0.273 e. The molecule has 2 atom stereocenters. The molecular formula is C18H18N4O2S. The van der Waals surface area contributed by atoms with Crippen molar-refractivity contribution in [3.8, 4) is 0 Å². The Balaban J connectivity index is 1.65. The summed E-state index contributed by atoms with van der Waals surface area (Å²) >= 11 is 1.49. The second-order valence-electron chi connectivity index (χ2n) is 6.27. The van der Waals surface area contributed by atoms with Gasteiger partial charge >= 0.3 is 0 Å². The van der Waals surface area contributed by atoms with Gasteiger partial charge < -0.3 is 9.42 Å². The van der Waals surface area contributed by atoms with E-state index in [1.807, 2.05) is 35.4 Å². The van der Waals surface area contributed by atoms with Gasteiger partial charge in [0.2, 0.25) is 5.89 Å². The van der Waals surface area contributed by atoms with Gasteiger partial charge in [0.05, 0.1) is 10.9 Å². The van der Waals surface area contributed by atoms with Crippen LogP contribution in [0.3, 0.4) is 0 Å². The molecule has 2 aromatic heterocycles. The number of carbonyl (C=O) groups is 1. The number of carbonyl (C=O) groups excluding carboxylic acids is 1. The third-order valence-electron chi connectivity index (χ3n) is 4.53. The molecule has 0 bridgehead atoms. The number of nitrogens with zero attached hydrogens (tertiary/aromatic N) is 4. The van der Waals surface area contributed by atoms with Crippen LogP contribution in [0.5, 0.6) is 0 Å². The van der Waals surface area contributed by atoms with Crippen molar-refractivity contribution in [2.45, 2.75) is 25.7 Å². The Morgan fingerprint density at radius 3 is 2.56 bits per heavy atom. The molecule has 7 heteroatoms. The van der Waals surface area contributed by atoms with Crippen LogP contribution in [0.15, 0.2) is 40.2 Å². The van der Waals surface area contributed by atoms with Crippen LogP contribution in [-0.4, -0.2) is 39.0 Å². The van der Waals surface area contributed by atoms with Gasteiger partial charge in [-0.05, 0) is 19.4 Å². The Morgan fingerprint density at radius 2 is 1.92 bits per heavy atom. The highest BCUT2D eigenvalue weighted by Gasteiger charge is 2.40. The van der Waals surface area contributed by atoms with Gasteiger partial charge in [0.1, 0.15) is 5.69 Å². The van der Waals surface area contributed by atoms with Crippen LogP contribution >= 0.6 is 11.3 Å². The summed E-state index contributed by atoms with van der Waals surface area (Å²) in [5, 5.41) is 6.63. The van der Waals surface area contributed by atoms with E-state index in [9.17, 15) is 4.79 Å². The number of thiazole rings is 1. The molecule has 0 N–H and O–H groups in total. The minimum Gasteiger partial charge on any atom is -0.339 e. The predicted octanol–water partition coefficient (Wildman–Crippen LogP) is 3.17. The van der Waals surface area contributed by atoms with Gasteiger partial charge in [0.15, 0.2) is 5.82 Å². The quantitative estimate of drug-likeness (QED) is 0.722. The summed E-state index contributed by atoms with van der Waals surface area (Å²) in [4.78, 5) is 23.4. The van der Waals surface area contributed by atoms with E-state index < -0.39 is 0 Å². The summed E-state index contributed by atoms with van der Waals surface area (Å²) < 4.78 is 5.43. The van der Waals surface area contributed by atoms with E-state index in [0.29, 0.717) is 30.5 Å². The lowest BCUT2D eigenvalue weighted by molar-refractivity contribution is 0.0783.